The average Bonchev–Trinajstić information content (AvgIpc) is 2.46. The summed E-state index contributed by atoms with van der Waals surface area (Å²) in [4.78, 5) is 11.0. The number of anilines is 2. The van der Waals surface area contributed by atoms with Gasteiger partial charge in [0.1, 0.15) is 11.4 Å². The number of nitro benzene ring substituents is 1. The molecule has 0 bridgehead atoms. The van der Waals surface area contributed by atoms with E-state index >= 15 is 0 Å². The van der Waals surface area contributed by atoms with E-state index in [9.17, 15) is 10.1 Å². The van der Waals surface area contributed by atoms with Gasteiger partial charge >= 0.3 is 5.69 Å². The monoisotopic (exact) mass is 279 g/mol. The molecular formula is C14H21N3O3. The summed E-state index contributed by atoms with van der Waals surface area (Å²) in [5.41, 5.74) is 1.25. The second-order valence-corrected chi connectivity index (χ2v) is 4.94. The van der Waals surface area contributed by atoms with Gasteiger partial charge < -0.3 is 15.4 Å². The zero-order valence-corrected chi connectivity index (χ0v) is 11.7. The zero-order valence-electron chi connectivity index (χ0n) is 11.7. The highest BCUT2D eigenvalue weighted by atomic mass is 16.6. The highest BCUT2D eigenvalue weighted by molar-refractivity contribution is 5.76. The molecule has 1 heterocycles. The van der Waals surface area contributed by atoms with Crippen LogP contribution < -0.4 is 10.6 Å². The van der Waals surface area contributed by atoms with Crippen LogP contribution in [-0.4, -0.2) is 30.7 Å². The predicted molar refractivity (Wildman–Crippen MR) is 79.3 cm³/mol. The summed E-state index contributed by atoms with van der Waals surface area (Å²) < 4.78 is 5.40. The Labute approximate surface area is 118 Å². The molecule has 20 heavy (non-hydrogen) atoms. The molecule has 0 radical (unpaired) electrons. The van der Waals surface area contributed by atoms with E-state index < -0.39 is 0 Å². The predicted octanol–water partition coefficient (Wildman–Crippen LogP) is 3.01. The number of ether oxygens (including phenoxy) is 1. The lowest BCUT2D eigenvalue weighted by Gasteiger charge is -2.24. The molecule has 0 saturated carbocycles. The summed E-state index contributed by atoms with van der Waals surface area (Å²) in [7, 11) is 0. The van der Waals surface area contributed by atoms with Crippen molar-refractivity contribution in [2.75, 3.05) is 30.4 Å². The summed E-state index contributed by atoms with van der Waals surface area (Å²) in [6.45, 7) is 4.12. The van der Waals surface area contributed by atoms with Crippen molar-refractivity contribution in [2.24, 2.45) is 0 Å². The largest absolute Gasteiger partial charge is 0.379 e. The SMILES string of the molecule is CCCNc1cccc(NC2CCCOC2)c1[N+](=O)[O-]. The highest BCUT2D eigenvalue weighted by Gasteiger charge is 2.22. The highest BCUT2D eigenvalue weighted by Crippen LogP contribution is 2.33. The third-order valence-corrected chi connectivity index (χ3v) is 3.30. The number of nitro groups is 1. The third-order valence-electron chi connectivity index (χ3n) is 3.30. The zero-order chi connectivity index (χ0) is 14.4. The maximum Gasteiger partial charge on any atom is 0.315 e. The van der Waals surface area contributed by atoms with Crippen LogP contribution in [0.5, 0.6) is 0 Å². The first-order valence-electron chi connectivity index (χ1n) is 7.08. The number of rotatable bonds is 6. The van der Waals surface area contributed by atoms with E-state index in [1.807, 2.05) is 13.0 Å². The Hall–Kier alpha value is -1.82. The lowest BCUT2D eigenvalue weighted by molar-refractivity contribution is -0.383. The van der Waals surface area contributed by atoms with Crippen molar-refractivity contribution < 1.29 is 9.66 Å². The van der Waals surface area contributed by atoms with Crippen LogP contribution in [0.2, 0.25) is 0 Å². The molecule has 110 valence electrons. The lowest BCUT2D eigenvalue weighted by atomic mass is 10.1. The average molecular weight is 279 g/mol. The Bertz CT molecular complexity index is 459. The summed E-state index contributed by atoms with van der Waals surface area (Å²) in [5.74, 6) is 0. The lowest BCUT2D eigenvalue weighted by Crippen LogP contribution is -2.30. The molecule has 1 atom stereocenters. The second kappa shape index (κ2) is 7.09. The first kappa shape index (κ1) is 14.6. The van der Waals surface area contributed by atoms with E-state index in [4.69, 9.17) is 4.74 Å². The molecule has 1 aromatic carbocycles. The molecule has 0 aliphatic carbocycles. The van der Waals surface area contributed by atoms with E-state index in [0.717, 1.165) is 32.4 Å². The van der Waals surface area contributed by atoms with Gasteiger partial charge in [-0.15, -0.1) is 0 Å². The van der Waals surface area contributed by atoms with Crippen molar-refractivity contribution in [3.63, 3.8) is 0 Å². The molecule has 1 aliphatic heterocycles. The standard InChI is InChI=1S/C14H21N3O3/c1-2-8-15-12-6-3-7-13(14(12)17(18)19)16-11-5-4-9-20-10-11/h3,6-7,11,15-16H,2,4-5,8-10H2,1H3. The van der Waals surface area contributed by atoms with Gasteiger partial charge in [0, 0.05) is 19.2 Å². The number of nitrogens with zero attached hydrogens (tertiary/aromatic N) is 1. The maximum absolute atomic E-state index is 11.3. The number of hydrogen-bond acceptors (Lipinski definition) is 5. The molecule has 0 spiro atoms. The van der Waals surface area contributed by atoms with E-state index in [0.29, 0.717) is 18.0 Å². The van der Waals surface area contributed by atoms with Crippen molar-refractivity contribution in [3.8, 4) is 0 Å². The van der Waals surface area contributed by atoms with Crippen LogP contribution in [0.4, 0.5) is 17.1 Å². The van der Waals surface area contributed by atoms with Gasteiger partial charge in [-0.05, 0) is 31.4 Å². The number of benzene rings is 1. The second-order valence-electron chi connectivity index (χ2n) is 4.94. The minimum absolute atomic E-state index is 0.117. The smallest absolute Gasteiger partial charge is 0.315 e. The van der Waals surface area contributed by atoms with Crippen molar-refractivity contribution in [1.82, 2.24) is 0 Å². The fourth-order valence-corrected chi connectivity index (χ4v) is 2.33. The summed E-state index contributed by atoms with van der Waals surface area (Å²) in [6.07, 6.45) is 2.88. The van der Waals surface area contributed by atoms with Gasteiger partial charge in [0.25, 0.3) is 0 Å². The quantitative estimate of drug-likeness (QED) is 0.618. The fourth-order valence-electron chi connectivity index (χ4n) is 2.33. The Kier molecular flexibility index (Phi) is 5.17. The molecule has 0 aromatic heterocycles. The number of nitrogens with one attached hydrogen (secondary N) is 2. The van der Waals surface area contributed by atoms with Gasteiger partial charge in [-0.25, -0.2) is 0 Å². The molecule has 2 N–H and O–H groups in total. The van der Waals surface area contributed by atoms with Crippen LogP contribution in [0.15, 0.2) is 18.2 Å². The molecule has 1 aromatic rings. The first-order chi connectivity index (χ1) is 9.72. The van der Waals surface area contributed by atoms with Gasteiger partial charge in [-0.2, -0.15) is 0 Å². The van der Waals surface area contributed by atoms with E-state index in [2.05, 4.69) is 10.6 Å². The van der Waals surface area contributed by atoms with E-state index in [1.54, 1.807) is 12.1 Å². The normalized spacial score (nSPS) is 18.6. The summed E-state index contributed by atoms with van der Waals surface area (Å²) in [5, 5.41) is 17.7. The Morgan fingerprint density at radius 3 is 2.90 bits per heavy atom. The van der Waals surface area contributed by atoms with Crippen molar-refractivity contribution in [2.45, 2.75) is 32.2 Å². The molecule has 1 aliphatic rings. The van der Waals surface area contributed by atoms with Gasteiger partial charge in [0.15, 0.2) is 0 Å². The fraction of sp³-hybridized carbons (Fsp3) is 0.571. The Balaban J connectivity index is 2.19. The first-order valence-corrected chi connectivity index (χ1v) is 7.08. The van der Waals surface area contributed by atoms with Crippen LogP contribution in [0, 0.1) is 10.1 Å². The van der Waals surface area contributed by atoms with Crippen LogP contribution in [0.1, 0.15) is 26.2 Å². The van der Waals surface area contributed by atoms with Gasteiger partial charge in [-0.1, -0.05) is 13.0 Å². The number of hydrogen-bond donors (Lipinski definition) is 2. The molecule has 1 unspecified atom stereocenters. The molecular weight excluding hydrogens is 258 g/mol. The number of para-hydroxylation sites is 1. The summed E-state index contributed by atoms with van der Waals surface area (Å²) in [6, 6.07) is 5.47. The molecule has 1 saturated heterocycles. The molecule has 0 amide bonds. The van der Waals surface area contributed by atoms with Gasteiger partial charge in [-0.3, -0.25) is 10.1 Å². The van der Waals surface area contributed by atoms with Crippen LogP contribution in [0.3, 0.4) is 0 Å². The van der Waals surface area contributed by atoms with Gasteiger partial charge in [0.05, 0.1) is 11.5 Å². The van der Waals surface area contributed by atoms with Crippen LogP contribution in [0.25, 0.3) is 0 Å². The van der Waals surface area contributed by atoms with E-state index in [-0.39, 0.29) is 16.7 Å². The molecule has 6 heteroatoms. The van der Waals surface area contributed by atoms with Crippen LogP contribution in [-0.2, 0) is 4.74 Å². The maximum atomic E-state index is 11.3. The van der Waals surface area contributed by atoms with Crippen molar-refractivity contribution >= 4 is 17.1 Å². The molecule has 1 fully saturated rings. The molecule has 6 nitrogen and oxygen atoms in total. The topological polar surface area (TPSA) is 76.4 Å². The minimum atomic E-state index is -0.329. The van der Waals surface area contributed by atoms with E-state index in [1.165, 1.54) is 0 Å². The van der Waals surface area contributed by atoms with Gasteiger partial charge in [0.2, 0.25) is 0 Å². The Morgan fingerprint density at radius 2 is 2.25 bits per heavy atom. The summed E-state index contributed by atoms with van der Waals surface area (Å²) >= 11 is 0. The Morgan fingerprint density at radius 1 is 1.45 bits per heavy atom. The van der Waals surface area contributed by atoms with Crippen LogP contribution >= 0.6 is 0 Å². The minimum Gasteiger partial charge on any atom is -0.379 e. The third kappa shape index (κ3) is 3.60. The van der Waals surface area contributed by atoms with Crippen molar-refractivity contribution in [1.29, 1.82) is 0 Å². The van der Waals surface area contributed by atoms with Crippen molar-refractivity contribution in [3.05, 3.63) is 28.3 Å². The molecule has 2 rings (SSSR count).